The summed E-state index contributed by atoms with van der Waals surface area (Å²) in [6.45, 7) is 10.7. The van der Waals surface area contributed by atoms with Gasteiger partial charge in [0.15, 0.2) is 0 Å². The minimum atomic E-state index is -0.265. The van der Waals surface area contributed by atoms with Gasteiger partial charge in [-0.3, -0.25) is 0 Å². The van der Waals surface area contributed by atoms with E-state index in [2.05, 4.69) is 32.9 Å². The highest BCUT2D eigenvalue weighted by atomic mass is 16.5. The number of ether oxygens (including phenoxy) is 1. The van der Waals surface area contributed by atoms with Crippen molar-refractivity contribution in [2.24, 2.45) is 5.92 Å². The Hall–Kier alpha value is -1.31. The van der Waals surface area contributed by atoms with Gasteiger partial charge in [-0.15, -0.1) is 0 Å². The predicted molar refractivity (Wildman–Crippen MR) is 82.0 cm³/mol. The molecule has 0 aromatic carbocycles. The Labute approximate surface area is 118 Å². The molecule has 0 amide bonds. The Kier molecular flexibility index (Phi) is 9.87. The lowest BCUT2D eigenvalue weighted by Crippen LogP contribution is -1.99. The largest absolute Gasteiger partial charge is 0.463 e. The number of allylic oxidation sites excluding steroid dienone is 5. The molecule has 0 aliphatic carbocycles. The van der Waals surface area contributed by atoms with Gasteiger partial charge in [-0.05, 0) is 51.5 Å². The first-order valence-electron chi connectivity index (χ1n) is 7.16. The summed E-state index contributed by atoms with van der Waals surface area (Å²) in [6.07, 6.45) is 11.2. The molecule has 0 aliphatic rings. The molecule has 0 bridgehead atoms. The Bertz CT molecular complexity index is 348. The third kappa shape index (κ3) is 10.3. The third-order valence-corrected chi connectivity index (χ3v) is 2.98. The van der Waals surface area contributed by atoms with E-state index in [1.807, 2.05) is 19.9 Å². The summed E-state index contributed by atoms with van der Waals surface area (Å²) in [5.74, 6) is 0.368. The lowest BCUT2D eigenvalue weighted by atomic mass is 10.0. The molecule has 0 N–H and O–H groups in total. The molecule has 0 rings (SSSR count). The highest BCUT2D eigenvalue weighted by Gasteiger charge is 1.98. The van der Waals surface area contributed by atoms with Crippen LogP contribution in [-0.4, -0.2) is 12.6 Å². The molecule has 0 heterocycles. The molecule has 0 fully saturated rings. The van der Waals surface area contributed by atoms with Gasteiger partial charge >= 0.3 is 5.97 Å². The van der Waals surface area contributed by atoms with Crippen LogP contribution in [0.1, 0.15) is 53.9 Å². The minimum Gasteiger partial charge on any atom is -0.463 e. The fraction of sp³-hybridized carbons (Fsp3) is 0.588. The van der Waals surface area contributed by atoms with Crippen LogP contribution in [0.5, 0.6) is 0 Å². The maximum absolute atomic E-state index is 11.2. The van der Waals surface area contributed by atoms with Gasteiger partial charge in [-0.2, -0.15) is 0 Å². The van der Waals surface area contributed by atoms with Crippen molar-refractivity contribution in [3.05, 3.63) is 35.5 Å². The minimum absolute atomic E-state index is 0.265. The van der Waals surface area contributed by atoms with Crippen LogP contribution in [0.3, 0.4) is 0 Å². The van der Waals surface area contributed by atoms with Gasteiger partial charge in [0.2, 0.25) is 0 Å². The topological polar surface area (TPSA) is 26.3 Å². The smallest absolute Gasteiger partial charge is 0.330 e. The van der Waals surface area contributed by atoms with Crippen LogP contribution in [0.4, 0.5) is 0 Å². The van der Waals surface area contributed by atoms with Crippen LogP contribution < -0.4 is 0 Å². The zero-order valence-electron chi connectivity index (χ0n) is 13.0. The second kappa shape index (κ2) is 10.6. The molecule has 0 saturated heterocycles. The monoisotopic (exact) mass is 264 g/mol. The van der Waals surface area contributed by atoms with Crippen molar-refractivity contribution in [1.82, 2.24) is 0 Å². The number of carbonyl (C=O) groups is 1. The predicted octanol–water partition coefficient (Wildman–Crippen LogP) is 4.82. The number of esters is 1. The van der Waals surface area contributed by atoms with Crippen LogP contribution in [0.15, 0.2) is 35.5 Å². The summed E-state index contributed by atoms with van der Waals surface area (Å²) in [7, 11) is 0. The van der Waals surface area contributed by atoms with Crippen molar-refractivity contribution in [3.8, 4) is 0 Å². The molecular formula is C17H28O2. The Morgan fingerprint density at radius 2 is 1.89 bits per heavy atom. The number of hydrogen-bond acceptors (Lipinski definition) is 2. The van der Waals surface area contributed by atoms with E-state index < -0.39 is 0 Å². The molecule has 0 aromatic rings. The number of hydrogen-bond donors (Lipinski definition) is 0. The Balaban J connectivity index is 4.10. The quantitative estimate of drug-likeness (QED) is 0.272. The first-order valence-corrected chi connectivity index (χ1v) is 7.16. The van der Waals surface area contributed by atoms with E-state index in [9.17, 15) is 4.79 Å². The van der Waals surface area contributed by atoms with Gasteiger partial charge in [-0.25, -0.2) is 4.79 Å². The summed E-state index contributed by atoms with van der Waals surface area (Å²) >= 11 is 0. The van der Waals surface area contributed by atoms with Crippen LogP contribution in [-0.2, 0) is 9.53 Å². The second-order valence-electron chi connectivity index (χ2n) is 5.02. The molecule has 1 atom stereocenters. The van der Waals surface area contributed by atoms with Crippen molar-refractivity contribution >= 4 is 5.97 Å². The number of rotatable bonds is 8. The summed E-state index contributed by atoms with van der Waals surface area (Å²) in [6, 6.07) is 0. The number of carbonyl (C=O) groups excluding carboxylic acids is 1. The molecule has 1 unspecified atom stereocenters. The normalized spacial score (nSPS) is 14.8. The van der Waals surface area contributed by atoms with Crippen LogP contribution >= 0.6 is 0 Å². The van der Waals surface area contributed by atoms with E-state index in [0.29, 0.717) is 12.5 Å². The summed E-state index contributed by atoms with van der Waals surface area (Å²) in [4.78, 5) is 11.2. The average Bonchev–Trinajstić information content (AvgIpc) is 2.36. The Morgan fingerprint density at radius 3 is 2.47 bits per heavy atom. The van der Waals surface area contributed by atoms with Crippen molar-refractivity contribution in [3.63, 3.8) is 0 Å². The molecule has 0 spiro atoms. The van der Waals surface area contributed by atoms with Crippen LogP contribution in [0.2, 0.25) is 0 Å². The SMILES string of the molecule is CCOC(=O)/C=C(C)/C=C/CC(C)C/C=C(\C)CC. The Morgan fingerprint density at radius 1 is 1.21 bits per heavy atom. The summed E-state index contributed by atoms with van der Waals surface area (Å²) < 4.78 is 4.86. The first-order chi connectivity index (χ1) is 8.99. The van der Waals surface area contributed by atoms with Gasteiger partial charge in [0.05, 0.1) is 6.61 Å². The summed E-state index contributed by atoms with van der Waals surface area (Å²) in [5.41, 5.74) is 2.39. The van der Waals surface area contributed by atoms with Crippen molar-refractivity contribution < 1.29 is 9.53 Å². The maximum Gasteiger partial charge on any atom is 0.330 e. The summed E-state index contributed by atoms with van der Waals surface area (Å²) in [5, 5.41) is 0. The molecule has 2 heteroatoms. The maximum atomic E-state index is 11.2. The van der Waals surface area contributed by atoms with E-state index in [1.54, 1.807) is 0 Å². The van der Waals surface area contributed by atoms with Crippen molar-refractivity contribution in [2.45, 2.75) is 53.9 Å². The molecule has 0 aliphatic heterocycles. The molecule has 0 aromatic heterocycles. The second-order valence-corrected chi connectivity index (χ2v) is 5.02. The zero-order chi connectivity index (χ0) is 14.7. The van der Waals surface area contributed by atoms with Gasteiger partial charge in [-0.1, -0.05) is 37.6 Å². The van der Waals surface area contributed by atoms with E-state index in [1.165, 1.54) is 11.6 Å². The molecule has 0 radical (unpaired) electrons. The highest BCUT2D eigenvalue weighted by molar-refractivity contribution is 5.83. The standard InChI is InChI=1S/C17H28O2/c1-6-14(3)11-12-15(4)9-8-10-16(5)13-17(18)19-7-2/h8,10-11,13,15H,6-7,9,12H2,1-5H3/b10-8+,14-11+,16-13+. The van der Waals surface area contributed by atoms with Crippen LogP contribution in [0, 0.1) is 5.92 Å². The van der Waals surface area contributed by atoms with E-state index >= 15 is 0 Å². The lowest BCUT2D eigenvalue weighted by molar-refractivity contribution is -0.137. The molecule has 19 heavy (non-hydrogen) atoms. The van der Waals surface area contributed by atoms with Gasteiger partial charge < -0.3 is 4.74 Å². The van der Waals surface area contributed by atoms with Gasteiger partial charge in [0, 0.05) is 6.08 Å². The fourth-order valence-corrected chi connectivity index (χ4v) is 1.55. The molecule has 2 nitrogen and oxygen atoms in total. The van der Waals surface area contributed by atoms with Gasteiger partial charge in [0.1, 0.15) is 0 Å². The van der Waals surface area contributed by atoms with Gasteiger partial charge in [0.25, 0.3) is 0 Å². The third-order valence-electron chi connectivity index (χ3n) is 2.98. The first kappa shape index (κ1) is 17.7. The van der Waals surface area contributed by atoms with Crippen LogP contribution in [0.25, 0.3) is 0 Å². The van der Waals surface area contributed by atoms with E-state index in [4.69, 9.17) is 4.74 Å². The molecular weight excluding hydrogens is 236 g/mol. The average molecular weight is 264 g/mol. The zero-order valence-corrected chi connectivity index (χ0v) is 13.0. The van der Waals surface area contributed by atoms with E-state index in [0.717, 1.165) is 24.8 Å². The van der Waals surface area contributed by atoms with Crippen molar-refractivity contribution in [1.29, 1.82) is 0 Å². The fourth-order valence-electron chi connectivity index (χ4n) is 1.55. The highest BCUT2D eigenvalue weighted by Crippen LogP contribution is 2.12. The molecule has 108 valence electrons. The van der Waals surface area contributed by atoms with E-state index in [-0.39, 0.29) is 5.97 Å². The lowest BCUT2D eigenvalue weighted by Gasteiger charge is -2.05. The molecule has 0 saturated carbocycles. The van der Waals surface area contributed by atoms with Crippen molar-refractivity contribution in [2.75, 3.05) is 6.61 Å².